The molecule has 0 radical (unpaired) electrons. The van der Waals surface area contributed by atoms with E-state index in [4.69, 9.17) is 14.2 Å². The third-order valence-electron chi connectivity index (χ3n) is 4.79. The van der Waals surface area contributed by atoms with Crippen LogP contribution in [0.25, 0.3) is 0 Å². The van der Waals surface area contributed by atoms with E-state index < -0.39 is 0 Å². The Bertz CT molecular complexity index is 706. The van der Waals surface area contributed by atoms with Gasteiger partial charge in [-0.25, -0.2) is 0 Å². The summed E-state index contributed by atoms with van der Waals surface area (Å²) >= 11 is 0. The Hall–Kier alpha value is -2.16. The van der Waals surface area contributed by atoms with Gasteiger partial charge in [-0.2, -0.15) is 0 Å². The van der Waals surface area contributed by atoms with E-state index in [0.29, 0.717) is 5.92 Å². The summed E-state index contributed by atoms with van der Waals surface area (Å²) in [7, 11) is 5.14. The maximum absolute atomic E-state index is 5.68. The van der Waals surface area contributed by atoms with Gasteiger partial charge in [-0.3, -0.25) is 0 Å². The summed E-state index contributed by atoms with van der Waals surface area (Å²) in [5.74, 6) is 3.00. The van der Waals surface area contributed by atoms with Gasteiger partial charge in [0.05, 0.1) is 21.3 Å². The average molecular weight is 312 g/mol. The van der Waals surface area contributed by atoms with Crippen LogP contribution in [0, 0.1) is 6.92 Å². The number of ether oxygens (including phenoxy) is 3. The van der Waals surface area contributed by atoms with E-state index in [9.17, 15) is 0 Å². The molecule has 0 aromatic heterocycles. The molecule has 1 unspecified atom stereocenters. The van der Waals surface area contributed by atoms with Crippen LogP contribution in [0.5, 0.6) is 17.2 Å². The van der Waals surface area contributed by atoms with Gasteiger partial charge in [0, 0.05) is 17.5 Å². The molecule has 122 valence electrons. The highest BCUT2D eigenvalue weighted by Crippen LogP contribution is 2.44. The second-order valence-corrected chi connectivity index (χ2v) is 6.07. The third kappa shape index (κ3) is 2.88. The van der Waals surface area contributed by atoms with Crippen LogP contribution >= 0.6 is 0 Å². The van der Waals surface area contributed by atoms with Gasteiger partial charge in [-0.1, -0.05) is 6.07 Å². The number of benzene rings is 2. The number of fused-ring (bicyclic) bond motifs is 1. The maximum atomic E-state index is 5.68. The molecule has 1 aliphatic rings. The first kappa shape index (κ1) is 15.7. The summed E-state index contributed by atoms with van der Waals surface area (Å²) in [6.07, 6.45) is 3.45. The molecule has 0 saturated carbocycles. The van der Waals surface area contributed by atoms with Crippen molar-refractivity contribution >= 4 is 0 Å². The molecule has 3 heteroatoms. The molecule has 23 heavy (non-hydrogen) atoms. The van der Waals surface area contributed by atoms with Crippen LogP contribution in [0.15, 0.2) is 30.3 Å². The van der Waals surface area contributed by atoms with Crippen molar-refractivity contribution < 1.29 is 14.2 Å². The highest BCUT2D eigenvalue weighted by Gasteiger charge is 2.26. The van der Waals surface area contributed by atoms with Gasteiger partial charge in [0.15, 0.2) is 0 Å². The molecule has 0 heterocycles. The Labute approximate surface area is 138 Å². The number of methoxy groups -OCH3 is 3. The molecule has 0 spiro atoms. The molecule has 0 saturated heterocycles. The van der Waals surface area contributed by atoms with Crippen molar-refractivity contribution in [2.75, 3.05) is 21.3 Å². The molecule has 2 aromatic carbocycles. The topological polar surface area (TPSA) is 27.7 Å². The maximum Gasteiger partial charge on any atom is 0.126 e. The Morgan fingerprint density at radius 3 is 2.39 bits per heavy atom. The van der Waals surface area contributed by atoms with Crippen molar-refractivity contribution in [3.05, 3.63) is 52.6 Å². The first-order chi connectivity index (χ1) is 11.2. The third-order valence-corrected chi connectivity index (χ3v) is 4.79. The van der Waals surface area contributed by atoms with Crippen molar-refractivity contribution in [1.29, 1.82) is 0 Å². The first-order valence-corrected chi connectivity index (χ1v) is 8.07. The van der Waals surface area contributed by atoms with Crippen LogP contribution in [0.4, 0.5) is 0 Å². The molecule has 0 N–H and O–H groups in total. The lowest BCUT2D eigenvalue weighted by Gasteiger charge is -2.29. The Kier molecular flexibility index (Phi) is 4.46. The second-order valence-electron chi connectivity index (χ2n) is 6.07. The van der Waals surface area contributed by atoms with Gasteiger partial charge >= 0.3 is 0 Å². The standard InChI is InChI=1S/C20H24O3/c1-13-10-16(22-3)12-19(23-4)20(13)17-7-5-6-14-8-9-15(21-2)11-18(14)17/h8-12,17H,5-7H2,1-4H3. The van der Waals surface area contributed by atoms with Gasteiger partial charge in [0.2, 0.25) is 0 Å². The summed E-state index contributed by atoms with van der Waals surface area (Å²) < 4.78 is 16.5. The molecule has 0 bridgehead atoms. The van der Waals surface area contributed by atoms with Crippen molar-refractivity contribution in [1.82, 2.24) is 0 Å². The summed E-state index contributed by atoms with van der Waals surface area (Å²) in [6, 6.07) is 10.5. The van der Waals surface area contributed by atoms with Crippen LogP contribution in [0.2, 0.25) is 0 Å². The Balaban J connectivity index is 2.14. The summed E-state index contributed by atoms with van der Waals surface area (Å²) in [4.78, 5) is 0. The molecule has 0 amide bonds. The predicted octanol–water partition coefficient (Wildman–Crippen LogP) is 4.49. The molecule has 3 rings (SSSR count). The highest BCUT2D eigenvalue weighted by molar-refractivity contribution is 5.54. The minimum Gasteiger partial charge on any atom is -0.497 e. The summed E-state index contributed by atoms with van der Waals surface area (Å²) in [5, 5.41) is 0. The van der Waals surface area contributed by atoms with Crippen molar-refractivity contribution in [3.8, 4) is 17.2 Å². The molecular formula is C20H24O3. The molecule has 0 aliphatic heterocycles. The van der Waals surface area contributed by atoms with Crippen LogP contribution < -0.4 is 14.2 Å². The molecule has 3 nitrogen and oxygen atoms in total. The van der Waals surface area contributed by atoms with Gasteiger partial charge in [0.25, 0.3) is 0 Å². The number of rotatable bonds is 4. The zero-order chi connectivity index (χ0) is 16.4. The van der Waals surface area contributed by atoms with E-state index >= 15 is 0 Å². The van der Waals surface area contributed by atoms with Crippen molar-refractivity contribution in [2.45, 2.75) is 32.1 Å². The number of aryl methyl sites for hydroxylation is 2. The Morgan fingerprint density at radius 2 is 1.70 bits per heavy atom. The van der Waals surface area contributed by atoms with Crippen molar-refractivity contribution in [2.24, 2.45) is 0 Å². The van der Waals surface area contributed by atoms with E-state index in [1.54, 1.807) is 21.3 Å². The second kappa shape index (κ2) is 6.53. The Morgan fingerprint density at radius 1 is 0.913 bits per heavy atom. The average Bonchev–Trinajstić information content (AvgIpc) is 2.60. The number of hydrogen-bond acceptors (Lipinski definition) is 3. The van der Waals surface area contributed by atoms with E-state index in [2.05, 4.69) is 31.2 Å². The lowest BCUT2D eigenvalue weighted by molar-refractivity contribution is 0.387. The van der Waals surface area contributed by atoms with Gasteiger partial charge in [0.1, 0.15) is 17.2 Å². The van der Waals surface area contributed by atoms with E-state index in [1.807, 2.05) is 6.07 Å². The summed E-state index contributed by atoms with van der Waals surface area (Å²) in [6.45, 7) is 2.13. The fraction of sp³-hybridized carbons (Fsp3) is 0.400. The predicted molar refractivity (Wildman–Crippen MR) is 92.1 cm³/mol. The lowest BCUT2D eigenvalue weighted by Crippen LogP contribution is -2.13. The lowest BCUT2D eigenvalue weighted by atomic mass is 9.77. The highest BCUT2D eigenvalue weighted by atomic mass is 16.5. The normalized spacial score (nSPS) is 16.6. The fourth-order valence-electron chi connectivity index (χ4n) is 3.67. The summed E-state index contributed by atoms with van der Waals surface area (Å²) in [5.41, 5.74) is 5.26. The van der Waals surface area contributed by atoms with Crippen LogP contribution in [0.3, 0.4) is 0 Å². The van der Waals surface area contributed by atoms with Gasteiger partial charge in [-0.15, -0.1) is 0 Å². The van der Waals surface area contributed by atoms with Crippen molar-refractivity contribution in [3.63, 3.8) is 0 Å². The van der Waals surface area contributed by atoms with E-state index in [0.717, 1.165) is 30.1 Å². The van der Waals surface area contributed by atoms with Gasteiger partial charge in [-0.05, 0) is 61.1 Å². The smallest absolute Gasteiger partial charge is 0.126 e. The van der Waals surface area contributed by atoms with E-state index in [1.165, 1.54) is 28.7 Å². The molecule has 0 fully saturated rings. The first-order valence-electron chi connectivity index (χ1n) is 8.07. The number of hydrogen-bond donors (Lipinski definition) is 0. The zero-order valence-corrected chi connectivity index (χ0v) is 14.3. The van der Waals surface area contributed by atoms with Crippen LogP contribution in [-0.4, -0.2) is 21.3 Å². The minimum absolute atomic E-state index is 0.342. The minimum atomic E-state index is 0.342. The van der Waals surface area contributed by atoms with E-state index in [-0.39, 0.29) is 0 Å². The molecule has 2 aromatic rings. The molecular weight excluding hydrogens is 288 g/mol. The molecule has 1 aliphatic carbocycles. The monoisotopic (exact) mass is 312 g/mol. The zero-order valence-electron chi connectivity index (χ0n) is 14.3. The van der Waals surface area contributed by atoms with Crippen LogP contribution in [0.1, 0.15) is 41.0 Å². The quantitative estimate of drug-likeness (QED) is 0.832. The van der Waals surface area contributed by atoms with Gasteiger partial charge < -0.3 is 14.2 Å². The largest absolute Gasteiger partial charge is 0.497 e. The van der Waals surface area contributed by atoms with Crippen LogP contribution in [-0.2, 0) is 6.42 Å². The fourth-order valence-corrected chi connectivity index (χ4v) is 3.67. The molecule has 1 atom stereocenters. The SMILES string of the molecule is COc1cc(C)c(C2CCCc3ccc(OC)cc32)c(OC)c1.